The van der Waals surface area contributed by atoms with E-state index in [4.69, 9.17) is 11.6 Å². The molecule has 2 aliphatic heterocycles. The third-order valence-electron chi connectivity index (χ3n) is 4.48. The third-order valence-corrected chi connectivity index (χ3v) is 4.88. The lowest BCUT2D eigenvalue weighted by molar-refractivity contribution is 0.0775. The van der Waals surface area contributed by atoms with Crippen LogP contribution in [0.2, 0.25) is 5.02 Å². The Morgan fingerprint density at radius 3 is 2.85 bits per heavy atom. The third kappa shape index (κ3) is 2.80. The number of amides is 1. The van der Waals surface area contributed by atoms with Crippen LogP contribution in [0, 0.1) is 12.3 Å². The van der Waals surface area contributed by atoms with E-state index in [2.05, 4.69) is 5.32 Å². The molecule has 0 radical (unpaired) electrons. The van der Waals surface area contributed by atoms with Gasteiger partial charge in [0.25, 0.3) is 5.91 Å². The molecule has 1 aromatic carbocycles. The molecular formula is C15H20Cl2N2O. The average Bonchev–Trinajstić information content (AvgIpc) is 3.03. The Morgan fingerprint density at radius 1 is 1.40 bits per heavy atom. The second kappa shape index (κ2) is 5.92. The Labute approximate surface area is 131 Å². The number of benzene rings is 1. The lowest BCUT2D eigenvalue weighted by atomic mass is 9.86. The molecule has 1 N–H and O–H groups in total. The fraction of sp³-hybridized carbons (Fsp3) is 0.533. The Bertz CT molecular complexity index is 513. The maximum absolute atomic E-state index is 12.5. The number of aryl methyl sites for hydroxylation is 1. The topological polar surface area (TPSA) is 32.3 Å². The summed E-state index contributed by atoms with van der Waals surface area (Å²) in [6, 6.07) is 5.58. The van der Waals surface area contributed by atoms with Crippen molar-refractivity contribution in [3.05, 3.63) is 34.3 Å². The summed E-state index contributed by atoms with van der Waals surface area (Å²) < 4.78 is 0. The van der Waals surface area contributed by atoms with E-state index in [1.165, 1.54) is 6.42 Å². The zero-order valence-electron chi connectivity index (χ0n) is 11.6. The van der Waals surface area contributed by atoms with Gasteiger partial charge in [0.15, 0.2) is 0 Å². The summed E-state index contributed by atoms with van der Waals surface area (Å²) in [4.78, 5) is 14.5. The molecule has 0 aromatic heterocycles. The monoisotopic (exact) mass is 314 g/mol. The van der Waals surface area contributed by atoms with Crippen molar-refractivity contribution >= 4 is 29.9 Å². The van der Waals surface area contributed by atoms with Crippen molar-refractivity contribution in [1.29, 1.82) is 0 Å². The van der Waals surface area contributed by atoms with Gasteiger partial charge in [-0.2, -0.15) is 0 Å². The minimum absolute atomic E-state index is 0. The maximum atomic E-state index is 12.5. The fourth-order valence-electron chi connectivity index (χ4n) is 3.16. The van der Waals surface area contributed by atoms with E-state index in [0.29, 0.717) is 16.0 Å². The molecule has 110 valence electrons. The first kappa shape index (κ1) is 15.6. The van der Waals surface area contributed by atoms with Gasteiger partial charge in [0, 0.05) is 35.6 Å². The van der Waals surface area contributed by atoms with Gasteiger partial charge in [-0.15, -0.1) is 12.4 Å². The number of carbonyl (C=O) groups excluding carboxylic acids is 1. The van der Waals surface area contributed by atoms with E-state index in [1.807, 2.05) is 24.0 Å². The molecule has 2 heterocycles. The molecule has 20 heavy (non-hydrogen) atoms. The van der Waals surface area contributed by atoms with Crippen LogP contribution in [0.5, 0.6) is 0 Å². The van der Waals surface area contributed by atoms with Gasteiger partial charge in [-0.25, -0.2) is 0 Å². The Hall–Kier alpha value is -0.770. The SMILES string of the molecule is Cc1ccc(C(=O)N2CCC3(CCNC3)C2)cc1Cl.Cl. The molecule has 0 aliphatic carbocycles. The van der Waals surface area contributed by atoms with Crippen LogP contribution in [-0.4, -0.2) is 37.0 Å². The zero-order chi connectivity index (χ0) is 13.5. The van der Waals surface area contributed by atoms with Gasteiger partial charge in [0.1, 0.15) is 0 Å². The molecule has 1 spiro atoms. The summed E-state index contributed by atoms with van der Waals surface area (Å²) >= 11 is 6.10. The normalized spacial score (nSPS) is 25.0. The van der Waals surface area contributed by atoms with E-state index in [9.17, 15) is 4.79 Å². The van der Waals surface area contributed by atoms with Crippen LogP contribution in [0.15, 0.2) is 18.2 Å². The molecular weight excluding hydrogens is 295 g/mol. The van der Waals surface area contributed by atoms with E-state index in [1.54, 1.807) is 6.07 Å². The van der Waals surface area contributed by atoms with Crippen molar-refractivity contribution in [2.45, 2.75) is 19.8 Å². The predicted octanol–water partition coefficient (Wildman–Crippen LogP) is 2.90. The summed E-state index contributed by atoms with van der Waals surface area (Å²) in [5.41, 5.74) is 2.04. The van der Waals surface area contributed by atoms with Crippen molar-refractivity contribution in [3.63, 3.8) is 0 Å². The number of nitrogens with one attached hydrogen (secondary N) is 1. The van der Waals surface area contributed by atoms with Crippen molar-refractivity contribution in [3.8, 4) is 0 Å². The lowest BCUT2D eigenvalue weighted by Crippen LogP contribution is -2.33. The first-order chi connectivity index (χ1) is 9.10. The number of hydrogen-bond donors (Lipinski definition) is 1. The van der Waals surface area contributed by atoms with E-state index < -0.39 is 0 Å². The number of carbonyl (C=O) groups is 1. The number of nitrogens with zero attached hydrogens (tertiary/aromatic N) is 1. The van der Waals surface area contributed by atoms with Crippen LogP contribution in [0.4, 0.5) is 0 Å². The van der Waals surface area contributed by atoms with Gasteiger partial charge in [0.05, 0.1) is 0 Å². The van der Waals surface area contributed by atoms with E-state index >= 15 is 0 Å². The van der Waals surface area contributed by atoms with Gasteiger partial charge in [-0.3, -0.25) is 4.79 Å². The molecule has 2 fully saturated rings. The Kier molecular flexibility index (Phi) is 4.62. The van der Waals surface area contributed by atoms with Crippen molar-refractivity contribution < 1.29 is 4.79 Å². The fourth-order valence-corrected chi connectivity index (χ4v) is 3.34. The highest BCUT2D eigenvalue weighted by Crippen LogP contribution is 2.36. The molecule has 1 amide bonds. The largest absolute Gasteiger partial charge is 0.338 e. The molecule has 3 rings (SSSR count). The standard InChI is InChI=1S/C15H19ClN2O.ClH/c1-11-2-3-12(8-13(11)16)14(19)18-7-5-15(10-18)4-6-17-9-15;/h2-3,8,17H,4-7,9-10H2,1H3;1H. The van der Waals surface area contributed by atoms with Crippen molar-refractivity contribution in [2.24, 2.45) is 5.41 Å². The van der Waals surface area contributed by atoms with Gasteiger partial charge >= 0.3 is 0 Å². The smallest absolute Gasteiger partial charge is 0.253 e. The Balaban J connectivity index is 0.00000147. The van der Waals surface area contributed by atoms with E-state index in [-0.39, 0.29) is 18.3 Å². The zero-order valence-corrected chi connectivity index (χ0v) is 13.2. The predicted molar refractivity (Wildman–Crippen MR) is 83.9 cm³/mol. The minimum atomic E-state index is 0. The van der Waals surface area contributed by atoms with Gasteiger partial charge < -0.3 is 10.2 Å². The number of rotatable bonds is 1. The number of halogens is 2. The van der Waals surface area contributed by atoms with Crippen LogP contribution >= 0.6 is 24.0 Å². The number of likely N-dealkylation sites (tertiary alicyclic amines) is 1. The summed E-state index contributed by atoms with van der Waals surface area (Å²) in [6.07, 6.45) is 2.30. The molecule has 1 unspecified atom stereocenters. The quantitative estimate of drug-likeness (QED) is 0.864. The van der Waals surface area contributed by atoms with Gasteiger partial charge in [-0.05, 0) is 44.0 Å². The second-order valence-electron chi connectivity index (χ2n) is 5.87. The van der Waals surface area contributed by atoms with Crippen LogP contribution in [0.25, 0.3) is 0 Å². The molecule has 0 saturated carbocycles. The van der Waals surface area contributed by atoms with E-state index in [0.717, 1.165) is 38.2 Å². The molecule has 1 atom stereocenters. The number of hydrogen-bond acceptors (Lipinski definition) is 2. The second-order valence-corrected chi connectivity index (χ2v) is 6.27. The lowest BCUT2D eigenvalue weighted by Gasteiger charge is -2.23. The molecule has 2 saturated heterocycles. The maximum Gasteiger partial charge on any atom is 0.253 e. The Morgan fingerprint density at radius 2 is 2.20 bits per heavy atom. The van der Waals surface area contributed by atoms with Crippen LogP contribution < -0.4 is 5.32 Å². The molecule has 3 nitrogen and oxygen atoms in total. The highest BCUT2D eigenvalue weighted by Gasteiger charge is 2.41. The first-order valence-corrected chi connectivity index (χ1v) is 7.24. The van der Waals surface area contributed by atoms with Gasteiger partial charge in [-0.1, -0.05) is 17.7 Å². The molecule has 0 bridgehead atoms. The first-order valence-electron chi connectivity index (χ1n) is 6.86. The van der Waals surface area contributed by atoms with Crippen molar-refractivity contribution in [2.75, 3.05) is 26.2 Å². The van der Waals surface area contributed by atoms with Crippen LogP contribution in [-0.2, 0) is 0 Å². The van der Waals surface area contributed by atoms with Crippen molar-refractivity contribution in [1.82, 2.24) is 10.2 Å². The highest BCUT2D eigenvalue weighted by atomic mass is 35.5. The summed E-state index contributed by atoms with van der Waals surface area (Å²) in [7, 11) is 0. The molecule has 2 aliphatic rings. The summed E-state index contributed by atoms with van der Waals surface area (Å²) in [6.45, 7) is 5.83. The summed E-state index contributed by atoms with van der Waals surface area (Å²) in [5.74, 6) is 0.116. The summed E-state index contributed by atoms with van der Waals surface area (Å²) in [5, 5.41) is 4.08. The molecule has 1 aromatic rings. The highest BCUT2D eigenvalue weighted by molar-refractivity contribution is 6.31. The van der Waals surface area contributed by atoms with Crippen LogP contribution in [0.3, 0.4) is 0 Å². The molecule has 5 heteroatoms. The average molecular weight is 315 g/mol. The van der Waals surface area contributed by atoms with Crippen LogP contribution in [0.1, 0.15) is 28.8 Å². The minimum Gasteiger partial charge on any atom is -0.338 e. The van der Waals surface area contributed by atoms with Gasteiger partial charge in [0.2, 0.25) is 0 Å².